The van der Waals surface area contributed by atoms with Crippen LogP contribution >= 0.6 is 0 Å². The highest BCUT2D eigenvalue weighted by molar-refractivity contribution is 5.96. The predicted molar refractivity (Wildman–Crippen MR) is 95.3 cm³/mol. The standard InChI is InChI=1S/C19H21N3O4/c1-26-15-7-10-20-16(17(15)23)18(24)21-14-8-11-22(12-9-14)19(25)13-5-3-2-4-6-13/h2-7,10,14,23H,8-9,11-12H2,1H3,(H,21,24). The van der Waals surface area contributed by atoms with Gasteiger partial charge in [-0.3, -0.25) is 9.59 Å². The van der Waals surface area contributed by atoms with Gasteiger partial charge in [0, 0.05) is 37.0 Å². The molecule has 0 radical (unpaired) electrons. The second-order valence-corrected chi connectivity index (χ2v) is 6.12. The number of rotatable bonds is 4. The third-order valence-electron chi connectivity index (χ3n) is 4.46. The van der Waals surface area contributed by atoms with E-state index in [1.165, 1.54) is 19.4 Å². The lowest BCUT2D eigenvalue weighted by atomic mass is 10.0. The molecule has 0 spiro atoms. The molecule has 1 saturated heterocycles. The molecule has 2 N–H and O–H groups in total. The number of likely N-dealkylation sites (tertiary alicyclic amines) is 1. The maximum absolute atomic E-state index is 12.4. The number of amides is 2. The molecule has 3 rings (SSSR count). The van der Waals surface area contributed by atoms with Crippen LogP contribution in [0.1, 0.15) is 33.7 Å². The summed E-state index contributed by atoms with van der Waals surface area (Å²) in [6.45, 7) is 1.13. The van der Waals surface area contributed by atoms with Crippen molar-refractivity contribution in [3.05, 3.63) is 53.9 Å². The molecule has 136 valence electrons. The van der Waals surface area contributed by atoms with Crippen molar-refractivity contribution in [2.45, 2.75) is 18.9 Å². The summed E-state index contributed by atoms with van der Waals surface area (Å²) in [7, 11) is 1.41. The van der Waals surface area contributed by atoms with E-state index >= 15 is 0 Å². The van der Waals surface area contributed by atoms with E-state index in [1.54, 1.807) is 17.0 Å². The van der Waals surface area contributed by atoms with E-state index < -0.39 is 5.91 Å². The number of benzene rings is 1. The number of carbonyl (C=O) groups excluding carboxylic acids is 2. The van der Waals surface area contributed by atoms with E-state index in [9.17, 15) is 14.7 Å². The first-order chi connectivity index (χ1) is 12.6. The van der Waals surface area contributed by atoms with E-state index in [2.05, 4.69) is 10.3 Å². The van der Waals surface area contributed by atoms with Gasteiger partial charge in [0.2, 0.25) is 0 Å². The number of nitrogens with one attached hydrogen (secondary N) is 1. The number of carbonyl (C=O) groups is 2. The fourth-order valence-electron chi connectivity index (χ4n) is 3.01. The van der Waals surface area contributed by atoms with Crippen LogP contribution in [0.3, 0.4) is 0 Å². The highest BCUT2D eigenvalue weighted by Crippen LogP contribution is 2.27. The molecule has 0 saturated carbocycles. The van der Waals surface area contributed by atoms with Crippen LogP contribution in [0.2, 0.25) is 0 Å². The second kappa shape index (κ2) is 7.86. The number of piperidine rings is 1. The van der Waals surface area contributed by atoms with Crippen LogP contribution < -0.4 is 10.1 Å². The molecule has 2 aromatic rings. The van der Waals surface area contributed by atoms with Gasteiger partial charge in [-0.15, -0.1) is 0 Å². The van der Waals surface area contributed by atoms with Gasteiger partial charge < -0.3 is 20.1 Å². The van der Waals surface area contributed by atoms with Crippen LogP contribution in [0, 0.1) is 0 Å². The maximum atomic E-state index is 12.4. The molecule has 2 heterocycles. The lowest BCUT2D eigenvalue weighted by Crippen LogP contribution is -2.46. The zero-order valence-corrected chi connectivity index (χ0v) is 14.5. The summed E-state index contributed by atoms with van der Waals surface area (Å²) in [5.41, 5.74) is 0.604. The van der Waals surface area contributed by atoms with E-state index in [1.807, 2.05) is 18.2 Å². The Labute approximate surface area is 151 Å². The molecule has 0 bridgehead atoms. The van der Waals surface area contributed by atoms with E-state index in [-0.39, 0.29) is 29.1 Å². The van der Waals surface area contributed by atoms with Gasteiger partial charge in [0.1, 0.15) is 0 Å². The zero-order chi connectivity index (χ0) is 18.5. The number of aromatic hydroxyl groups is 1. The SMILES string of the molecule is COc1ccnc(C(=O)NC2CCN(C(=O)c3ccccc3)CC2)c1O. The summed E-state index contributed by atoms with van der Waals surface area (Å²) in [5, 5.41) is 12.9. The van der Waals surface area contributed by atoms with Crippen LogP contribution in [0.4, 0.5) is 0 Å². The topological polar surface area (TPSA) is 91.8 Å². The third-order valence-corrected chi connectivity index (χ3v) is 4.46. The van der Waals surface area contributed by atoms with Crippen molar-refractivity contribution in [1.82, 2.24) is 15.2 Å². The molecule has 0 atom stereocenters. The van der Waals surface area contributed by atoms with Crippen molar-refractivity contribution in [1.29, 1.82) is 0 Å². The van der Waals surface area contributed by atoms with E-state index in [4.69, 9.17) is 4.74 Å². The number of ether oxygens (including phenoxy) is 1. The number of pyridine rings is 1. The van der Waals surface area contributed by atoms with Gasteiger partial charge in [0.15, 0.2) is 17.2 Å². The molecule has 1 fully saturated rings. The molecule has 1 aliphatic heterocycles. The van der Waals surface area contributed by atoms with Crippen molar-refractivity contribution in [2.24, 2.45) is 0 Å². The summed E-state index contributed by atoms with van der Waals surface area (Å²) < 4.78 is 4.99. The van der Waals surface area contributed by atoms with Gasteiger partial charge in [-0.1, -0.05) is 18.2 Å². The first kappa shape index (κ1) is 17.7. The number of hydrogen-bond acceptors (Lipinski definition) is 5. The van der Waals surface area contributed by atoms with Gasteiger partial charge >= 0.3 is 0 Å². The first-order valence-electron chi connectivity index (χ1n) is 8.47. The highest BCUT2D eigenvalue weighted by Gasteiger charge is 2.26. The molecule has 0 aliphatic carbocycles. The van der Waals surface area contributed by atoms with Crippen LogP contribution in [-0.4, -0.2) is 53.0 Å². The summed E-state index contributed by atoms with van der Waals surface area (Å²) in [5.74, 6) is -0.519. The lowest BCUT2D eigenvalue weighted by Gasteiger charge is -2.32. The van der Waals surface area contributed by atoms with Crippen LogP contribution in [0.15, 0.2) is 42.6 Å². The Morgan fingerprint density at radius 1 is 1.19 bits per heavy atom. The molecule has 1 aromatic heterocycles. The Morgan fingerprint density at radius 3 is 2.54 bits per heavy atom. The molecule has 2 amide bonds. The van der Waals surface area contributed by atoms with E-state index in [0.29, 0.717) is 31.5 Å². The average Bonchev–Trinajstić information content (AvgIpc) is 2.69. The molecule has 0 unspecified atom stereocenters. The molecule has 26 heavy (non-hydrogen) atoms. The molecule has 1 aliphatic rings. The van der Waals surface area contributed by atoms with Crippen LogP contribution in [-0.2, 0) is 0 Å². The normalized spacial score (nSPS) is 14.7. The number of aromatic nitrogens is 1. The minimum absolute atomic E-state index is 0.00230. The van der Waals surface area contributed by atoms with Gasteiger partial charge in [0.25, 0.3) is 11.8 Å². The average molecular weight is 355 g/mol. The summed E-state index contributed by atoms with van der Waals surface area (Å²) in [6, 6.07) is 10.6. The minimum atomic E-state index is -0.450. The van der Waals surface area contributed by atoms with Crippen molar-refractivity contribution < 1.29 is 19.4 Å². The molecule has 7 nitrogen and oxygen atoms in total. The Hall–Kier alpha value is -3.09. The largest absolute Gasteiger partial charge is 0.503 e. The predicted octanol–water partition coefficient (Wildman–Crippen LogP) is 1.83. The van der Waals surface area contributed by atoms with Gasteiger partial charge in [-0.05, 0) is 25.0 Å². The van der Waals surface area contributed by atoms with Crippen molar-refractivity contribution in [2.75, 3.05) is 20.2 Å². The molecule has 1 aromatic carbocycles. The lowest BCUT2D eigenvalue weighted by molar-refractivity contribution is 0.0697. The Bertz CT molecular complexity index is 787. The van der Waals surface area contributed by atoms with E-state index in [0.717, 1.165) is 0 Å². The second-order valence-electron chi connectivity index (χ2n) is 6.12. The summed E-state index contributed by atoms with van der Waals surface area (Å²) in [4.78, 5) is 30.5. The zero-order valence-electron chi connectivity index (χ0n) is 14.5. The maximum Gasteiger partial charge on any atom is 0.274 e. The highest BCUT2D eigenvalue weighted by atomic mass is 16.5. The van der Waals surface area contributed by atoms with Crippen molar-refractivity contribution in [3.63, 3.8) is 0 Å². The van der Waals surface area contributed by atoms with Gasteiger partial charge in [-0.2, -0.15) is 0 Å². The number of nitrogens with zero attached hydrogens (tertiary/aromatic N) is 2. The first-order valence-corrected chi connectivity index (χ1v) is 8.47. The summed E-state index contributed by atoms with van der Waals surface area (Å²) >= 11 is 0. The molecular formula is C19H21N3O4. The number of hydrogen-bond donors (Lipinski definition) is 2. The fourth-order valence-corrected chi connectivity index (χ4v) is 3.01. The molecule has 7 heteroatoms. The van der Waals surface area contributed by atoms with Gasteiger partial charge in [0.05, 0.1) is 7.11 Å². The Balaban J connectivity index is 1.57. The molecular weight excluding hydrogens is 334 g/mol. The van der Waals surface area contributed by atoms with Crippen molar-refractivity contribution in [3.8, 4) is 11.5 Å². The fraction of sp³-hybridized carbons (Fsp3) is 0.316. The number of methoxy groups -OCH3 is 1. The van der Waals surface area contributed by atoms with Crippen LogP contribution in [0.25, 0.3) is 0 Å². The Morgan fingerprint density at radius 2 is 1.88 bits per heavy atom. The minimum Gasteiger partial charge on any atom is -0.503 e. The van der Waals surface area contributed by atoms with Crippen molar-refractivity contribution >= 4 is 11.8 Å². The Kier molecular flexibility index (Phi) is 5.36. The quantitative estimate of drug-likeness (QED) is 0.873. The van der Waals surface area contributed by atoms with Crippen LogP contribution in [0.5, 0.6) is 11.5 Å². The smallest absolute Gasteiger partial charge is 0.274 e. The van der Waals surface area contributed by atoms with Gasteiger partial charge in [-0.25, -0.2) is 4.98 Å². The third kappa shape index (κ3) is 3.77. The summed E-state index contributed by atoms with van der Waals surface area (Å²) in [6.07, 6.45) is 2.71. The monoisotopic (exact) mass is 355 g/mol.